The first-order valence-corrected chi connectivity index (χ1v) is 8.84. The molecule has 1 aromatic heterocycles. The first-order valence-electron chi connectivity index (χ1n) is 8.84. The summed E-state index contributed by atoms with van der Waals surface area (Å²) < 4.78 is 5.04. The zero-order valence-electron chi connectivity index (χ0n) is 15.7. The Morgan fingerprint density at radius 1 is 1.39 bits per heavy atom. The maximum absolute atomic E-state index is 12.2. The lowest BCUT2D eigenvalue weighted by Gasteiger charge is -2.18. The molecule has 1 aliphatic rings. The molecule has 5 N–H and O–H groups in total. The standard InChI is InChI=1S/C19H23N5O4/c1-11-4-3-5-13(6-11)22-17-16-12(8-21-18(16)25)7-15(24-17)20-9-14(10-28-2)23-19(26)27/h3-7,14,23H,8-10H2,1-2H3,(H,21,25)(H,26,27)(H2,20,22,24). The predicted octanol–water partition coefficient (Wildman–Crippen LogP) is 2.07. The van der Waals surface area contributed by atoms with Crippen LogP contribution in [0.25, 0.3) is 0 Å². The topological polar surface area (TPSA) is 125 Å². The number of aryl methyl sites for hydroxylation is 1. The van der Waals surface area contributed by atoms with Crippen molar-refractivity contribution in [1.29, 1.82) is 0 Å². The fourth-order valence-electron chi connectivity index (χ4n) is 3.05. The zero-order chi connectivity index (χ0) is 20.1. The molecule has 0 spiro atoms. The van der Waals surface area contributed by atoms with Gasteiger partial charge in [0, 0.05) is 25.9 Å². The molecule has 0 bridgehead atoms. The molecule has 0 saturated carbocycles. The van der Waals surface area contributed by atoms with Gasteiger partial charge in [0.05, 0.1) is 18.2 Å². The Labute approximate surface area is 162 Å². The number of methoxy groups -OCH3 is 1. The van der Waals surface area contributed by atoms with Crippen molar-refractivity contribution in [3.05, 3.63) is 47.0 Å². The molecule has 9 nitrogen and oxygen atoms in total. The molecule has 9 heteroatoms. The molecule has 1 unspecified atom stereocenters. The molecular formula is C19H23N5O4. The van der Waals surface area contributed by atoms with Crippen LogP contribution in [0.3, 0.4) is 0 Å². The molecule has 2 amide bonds. The Balaban J connectivity index is 1.83. The fraction of sp³-hybridized carbons (Fsp3) is 0.316. The van der Waals surface area contributed by atoms with Gasteiger partial charge in [0.15, 0.2) is 0 Å². The van der Waals surface area contributed by atoms with Crippen LogP contribution in [0.5, 0.6) is 0 Å². The van der Waals surface area contributed by atoms with Gasteiger partial charge in [0.2, 0.25) is 0 Å². The number of pyridine rings is 1. The van der Waals surface area contributed by atoms with E-state index in [1.807, 2.05) is 31.2 Å². The lowest BCUT2D eigenvalue weighted by molar-refractivity contribution is 0.0966. The Bertz CT molecular complexity index is 887. The van der Waals surface area contributed by atoms with Crippen LogP contribution in [0.1, 0.15) is 21.5 Å². The van der Waals surface area contributed by atoms with Gasteiger partial charge in [0.1, 0.15) is 11.6 Å². The first-order chi connectivity index (χ1) is 13.5. The van der Waals surface area contributed by atoms with Gasteiger partial charge < -0.3 is 31.1 Å². The summed E-state index contributed by atoms with van der Waals surface area (Å²) in [6.07, 6.45) is -1.12. The van der Waals surface area contributed by atoms with Crippen molar-refractivity contribution >= 4 is 29.3 Å². The number of aromatic nitrogens is 1. The molecule has 0 radical (unpaired) electrons. The van der Waals surface area contributed by atoms with Crippen LogP contribution in [0, 0.1) is 6.92 Å². The third kappa shape index (κ3) is 4.68. The highest BCUT2D eigenvalue weighted by molar-refractivity contribution is 6.03. The number of nitrogens with zero attached hydrogens (tertiary/aromatic N) is 1. The largest absolute Gasteiger partial charge is 0.465 e. The quantitative estimate of drug-likeness (QED) is 0.471. The average molecular weight is 385 g/mol. The highest BCUT2D eigenvalue weighted by atomic mass is 16.5. The van der Waals surface area contributed by atoms with Crippen molar-refractivity contribution in [3.63, 3.8) is 0 Å². The summed E-state index contributed by atoms with van der Waals surface area (Å²) in [7, 11) is 1.51. The van der Waals surface area contributed by atoms with E-state index in [9.17, 15) is 9.59 Å². The van der Waals surface area contributed by atoms with Crippen LogP contribution >= 0.6 is 0 Å². The molecule has 3 rings (SSSR count). The van der Waals surface area contributed by atoms with E-state index in [0.717, 1.165) is 16.8 Å². The van der Waals surface area contributed by atoms with Gasteiger partial charge in [0.25, 0.3) is 5.91 Å². The van der Waals surface area contributed by atoms with Crippen molar-refractivity contribution in [2.75, 3.05) is 30.9 Å². The van der Waals surface area contributed by atoms with Crippen molar-refractivity contribution in [2.24, 2.45) is 0 Å². The number of ether oxygens (including phenoxy) is 1. The van der Waals surface area contributed by atoms with E-state index in [2.05, 4.69) is 26.3 Å². The average Bonchev–Trinajstić information content (AvgIpc) is 3.01. The zero-order valence-corrected chi connectivity index (χ0v) is 15.7. The maximum atomic E-state index is 12.2. The number of nitrogens with one attached hydrogen (secondary N) is 4. The summed E-state index contributed by atoms with van der Waals surface area (Å²) in [4.78, 5) is 27.7. The van der Waals surface area contributed by atoms with E-state index in [0.29, 0.717) is 23.7 Å². The summed E-state index contributed by atoms with van der Waals surface area (Å²) in [5, 5.41) is 20.5. The highest BCUT2D eigenvalue weighted by Crippen LogP contribution is 2.28. The monoisotopic (exact) mass is 385 g/mol. The van der Waals surface area contributed by atoms with E-state index in [4.69, 9.17) is 9.84 Å². The molecule has 28 heavy (non-hydrogen) atoms. The molecule has 0 aliphatic carbocycles. The van der Waals surface area contributed by atoms with Crippen LogP contribution in [0.15, 0.2) is 30.3 Å². The fourth-order valence-corrected chi connectivity index (χ4v) is 3.05. The van der Waals surface area contributed by atoms with E-state index in [1.54, 1.807) is 6.07 Å². The number of rotatable bonds is 8. The van der Waals surface area contributed by atoms with Gasteiger partial charge in [-0.2, -0.15) is 0 Å². The number of fused-ring (bicyclic) bond motifs is 1. The Hall–Kier alpha value is -3.33. The molecule has 2 heterocycles. The molecule has 1 atom stereocenters. The minimum Gasteiger partial charge on any atom is -0.465 e. The van der Waals surface area contributed by atoms with E-state index in [1.165, 1.54) is 7.11 Å². The van der Waals surface area contributed by atoms with Gasteiger partial charge in [-0.15, -0.1) is 0 Å². The molecule has 2 aromatic rings. The number of carbonyl (C=O) groups excluding carboxylic acids is 1. The second kappa shape index (κ2) is 8.57. The smallest absolute Gasteiger partial charge is 0.405 e. The molecule has 1 aliphatic heterocycles. The molecule has 0 saturated heterocycles. The van der Waals surface area contributed by atoms with E-state index < -0.39 is 12.1 Å². The van der Waals surface area contributed by atoms with Gasteiger partial charge in [-0.1, -0.05) is 12.1 Å². The Kier molecular flexibility index (Phi) is 5.95. The maximum Gasteiger partial charge on any atom is 0.405 e. The normalized spacial score (nSPS) is 13.4. The molecule has 1 aromatic carbocycles. The summed E-state index contributed by atoms with van der Waals surface area (Å²) in [6.45, 7) is 2.91. The lowest BCUT2D eigenvalue weighted by Crippen LogP contribution is -2.42. The third-order valence-corrected chi connectivity index (χ3v) is 4.27. The summed E-state index contributed by atoms with van der Waals surface area (Å²) in [6, 6.07) is 9.13. The van der Waals surface area contributed by atoms with Crippen molar-refractivity contribution in [3.8, 4) is 0 Å². The van der Waals surface area contributed by atoms with Crippen molar-refractivity contribution in [2.45, 2.75) is 19.5 Å². The van der Waals surface area contributed by atoms with Crippen LogP contribution in [-0.2, 0) is 11.3 Å². The second-order valence-corrected chi connectivity index (χ2v) is 6.55. The molecular weight excluding hydrogens is 362 g/mol. The van der Waals surface area contributed by atoms with Gasteiger partial charge in [-0.25, -0.2) is 9.78 Å². The Morgan fingerprint density at radius 2 is 2.21 bits per heavy atom. The van der Waals surface area contributed by atoms with Gasteiger partial charge in [-0.3, -0.25) is 4.79 Å². The third-order valence-electron chi connectivity index (χ3n) is 4.27. The van der Waals surface area contributed by atoms with Gasteiger partial charge in [-0.05, 0) is 36.2 Å². The predicted molar refractivity (Wildman–Crippen MR) is 105 cm³/mol. The number of hydrogen-bond donors (Lipinski definition) is 5. The second-order valence-electron chi connectivity index (χ2n) is 6.55. The number of hydrogen-bond acceptors (Lipinski definition) is 6. The minimum atomic E-state index is -1.12. The van der Waals surface area contributed by atoms with E-state index in [-0.39, 0.29) is 19.1 Å². The molecule has 148 valence electrons. The minimum absolute atomic E-state index is 0.172. The van der Waals surface area contributed by atoms with Gasteiger partial charge >= 0.3 is 6.09 Å². The SMILES string of the molecule is COCC(CNc1cc2c(c(Nc3cccc(C)c3)n1)C(=O)NC2)NC(=O)O. The highest BCUT2D eigenvalue weighted by Gasteiger charge is 2.25. The summed E-state index contributed by atoms with van der Waals surface area (Å²) >= 11 is 0. The van der Waals surface area contributed by atoms with Crippen LogP contribution in [0.2, 0.25) is 0 Å². The summed E-state index contributed by atoms with van der Waals surface area (Å²) in [5.74, 6) is 0.822. The van der Waals surface area contributed by atoms with Crippen molar-refractivity contribution < 1.29 is 19.4 Å². The first kappa shape index (κ1) is 19.4. The molecule has 0 fully saturated rings. The Morgan fingerprint density at radius 3 is 2.93 bits per heavy atom. The number of carboxylic acid groups (broad SMARTS) is 1. The van der Waals surface area contributed by atoms with Crippen LogP contribution < -0.4 is 21.3 Å². The number of amides is 2. The van der Waals surface area contributed by atoms with Crippen molar-refractivity contribution in [1.82, 2.24) is 15.6 Å². The number of carbonyl (C=O) groups is 2. The number of benzene rings is 1. The van der Waals surface area contributed by atoms with Crippen LogP contribution in [-0.4, -0.2) is 48.4 Å². The van der Waals surface area contributed by atoms with E-state index >= 15 is 0 Å². The number of anilines is 3. The van der Waals surface area contributed by atoms with Crippen LogP contribution in [0.4, 0.5) is 22.1 Å². The summed E-state index contributed by atoms with van der Waals surface area (Å²) in [5.41, 5.74) is 3.26. The lowest BCUT2D eigenvalue weighted by atomic mass is 10.1.